The van der Waals surface area contributed by atoms with Crippen LogP contribution in [0.15, 0.2) is 47.3 Å². The van der Waals surface area contributed by atoms with E-state index in [0.717, 1.165) is 31.7 Å². The van der Waals surface area contributed by atoms with Gasteiger partial charge in [-0.25, -0.2) is 13.1 Å². The van der Waals surface area contributed by atoms with Gasteiger partial charge in [0.05, 0.1) is 12.3 Å². The second kappa shape index (κ2) is 7.46. The third-order valence-corrected chi connectivity index (χ3v) is 6.77. The van der Waals surface area contributed by atoms with Gasteiger partial charge in [-0.15, -0.1) is 0 Å². The Morgan fingerprint density at radius 1 is 1.11 bits per heavy atom. The smallest absolute Gasteiger partial charge is 0.251 e. The third-order valence-electron chi connectivity index (χ3n) is 6.08. The van der Waals surface area contributed by atoms with E-state index in [1.165, 1.54) is 17.4 Å². The summed E-state index contributed by atoms with van der Waals surface area (Å²) in [6.07, 6.45) is 2.16. The highest BCUT2D eigenvalue weighted by Gasteiger charge is 2.40. The van der Waals surface area contributed by atoms with Crippen LogP contribution < -0.4 is 10.3 Å². The first kappa shape index (κ1) is 19.4. The Hall–Kier alpha value is -1.96. The van der Waals surface area contributed by atoms with Crippen molar-refractivity contribution in [3.05, 3.63) is 69.6 Å². The quantitative estimate of drug-likeness (QED) is 0.830. The van der Waals surface area contributed by atoms with Crippen molar-refractivity contribution < 1.29 is 8.42 Å². The van der Waals surface area contributed by atoms with Crippen molar-refractivity contribution in [3.8, 4) is 0 Å². The first-order valence-electron chi connectivity index (χ1n) is 9.75. The zero-order valence-corrected chi connectivity index (χ0v) is 17.2. The highest BCUT2D eigenvalue weighted by molar-refractivity contribution is 7.88. The lowest BCUT2D eigenvalue weighted by molar-refractivity contribution is 0.0868. The van der Waals surface area contributed by atoms with Gasteiger partial charge in [-0.2, -0.15) is 0 Å². The van der Waals surface area contributed by atoms with E-state index >= 15 is 0 Å². The van der Waals surface area contributed by atoms with Crippen LogP contribution in [0.3, 0.4) is 0 Å². The maximum Gasteiger partial charge on any atom is 0.251 e. The number of pyridine rings is 1. The molecule has 2 aliphatic rings. The van der Waals surface area contributed by atoms with E-state index in [1.807, 2.05) is 16.7 Å². The van der Waals surface area contributed by atoms with Crippen LogP contribution in [0.5, 0.6) is 0 Å². The summed E-state index contributed by atoms with van der Waals surface area (Å²) in [6.45, 7) is 5.05. The molecule has 7 heteroatoms. The molecule has 2 aliphatic heterocycles. The minimum Gasteiger partial charge on any atom is -0.308 e. The highest BCUT2D eigenvalue weighted by atomic mass is 32.2. The van der Waals surface area contributed by atoms with Crippen LogP contribution in [0.1, 0.15) is 35.2 Å². The van der Waals surface area contributed by atoms with Crippen molar-refractivity contribution in [3.63, 3.8) is 0 Å². The van der Waals surface area contributed by atoms with Crippen LogP contribution >= 0.6 is 0 Å². The van der Waals surface area contributed by atoms with Crippen molar-refractivity contribution >= 4 is 10.0 Å². The summed E-state index contributed by atoms with van der Waals surface area (Å²) in [6, 6.07) is 13.7. The molecule has 3 heterocycles. The number of hydrogen-bond donors (Lipinski definition) is 1. The molecule has 2 aromatic rings. The van der Waals surface area contributed by atoms with Crippen molar-refractivity contribution in [2.24, 2.45) is 5.92 Å². The second-order valence-electron chi connectivity index (χ2n) is 8.16. The van der Waals surface area contributed by atoms with Crippen LogP contribution in [0.4, 0.5) is 0 Å². The standard InChI is InChI=1S/C21H27N3O3S/c1-15-6-3-4-7-16(15)12-23-13-17-10-18(14-23)20(11-22-28(2,26)27)24-19(17)8-5-9-21(24)25/h3-9,17-18,20,22H,10-14H2,1-2H3/t17-,18+,20+/m1/s1. The average molecular weight is 402 g/mol. The van der Waals surface area contributed by atoms with Crippen LogP contribution in [0, 0.1) is 12.8 Å². The second-order valence-corrected chi connectivity index (χ2v) is 9.99. The Balaban J connectivity index is 1.65. The molecule has 0 unspecified atom stereocenters. The number of aromatic nitrogens is 1. The minimum absolute atomic E-state index is 0.0418. The zero-order chi connectivity index (χ0) is 19.9. The predicted octanol–water partition coefficient (Wildman–Crippen LogP) is 1.87. The molecule has 1 aromatic carbocycles. The fraction of sp³-hybridized carbons (Fsp3) is 0.476. The van der Waals surface area contributed by atoms with Crippen molar-refractivity contribution in [2.45, 2.75) is 31.8 Å². The number of sulfonamides is 1. The van der Waals surface area contributed by atoms with Gasteiger partial charge in [0.25, 0.3) is 5.56 Å². The van der Waals surface area contributed by atoms with E-state index in [0.29, 0.717) is 5.92 Å². The number of likely N-dealkylation sites (tertiary alicyclic amines) is 1. The van der Waals surface area contributed by atoms with E-state index in [9.17, 15) is 13.2 Å². The van der Waals surface area contributed by atoms with Gasteiger partial charge in [0, 0.05) is 43.9 Å². The van der Waals surface area contributed by atoms with Crippen molar-refractivity contribution in [1.29, 1.82) is 0 Å². The fourth-order valence-electron chi connectivity index (χ4n) is 4.79. The number of nitrogens with one attached hydrogen (secondary N) is 1. The van der Waals surface area contributed by atoms with E-state index < -0.39 is 10.0 Å². The van der Waals surface area contributed by atoms with Crippen molar-refractivity contribution in [1.82, 2.24) is 14.2 Å². The van der Waals surface area contributed by atoms with E-state index in [4.69, 9.17) is 0 Å². The van der Waals surface area contributed by atoms with Gasteiger partial charge in [-0.1, -0.05) is 30.3 Å². The Morgan fingerprint density at radius 3 is 2.64 bits per heavy atom. The van der Waals surface area contributed by atoms with Crippen LogP contribution in [0.25, 0.3) is 0 Å². The lowest BCUT2D eigenvalue weighted by Crippen LogP contribution is -2.51. The number of fused-ring (bicyclic) bond motifs is 4. The Bertz CT molecular complexity index is 1030. The summed E-state index contributed by atoms with van der Waals surface area (Å²) >= 11 is 0. The molecule has 28 heavy (non-hydrogen) atoms. The first-order chi connectivity index (χ1) is 13.3. The number of rotatable bonds is 5. The molecular weight excluding hydrogens is 374 g/mol. The summed E-state index contributed by atoms with van der Waals surface area (Å²) in [5.41, 5.74) is 3.59. The van der Waals surface area contributed by atoms with Crippen molar-refractivity contribution in [2.75, 3.05) is 25.9 Å². The highest BCUT2D eigenvalue weighted by Crippen LogP contribution is 2.41. The van der Waals surface area contributed by atoms with E-state index in [2.05, 4.69) is 40.8 Å². The SMILES string of the molecule is Cc1ccccc1CN1C[C@H]2C[C@@H](C1)[C@H](CNS(C)(=O)=O)n1c2cccc1=O. The fourth-order valence-corrected chi connectivity index (χ4v) is 5.27. The van der Waals surface area contributed by atoms with E-state index in [1.54, 1.807) is 6.07 Å². The monoisotopic (exact) mass is 401 g/mol. The van der Waals surface area contributed by atoms with Gasteiger partial charge in [0.1, 0.15) is 0 Å². The largest absolute Gasteiger partial charge is 0.308 e. The molecule has 2 bridgehead atoms. The average Bonchev–Trinajstić information content (AvgIpc) is 2.63. The Kier molecular flexibility index (Phi) is 5.16. The lowest BCUT2D eigenvalue weighted by atomic mass is 9.78. The summed E-state index contributed by atoms with van der Waals surface area (Å²) in [7, 11) is -3.31. The summed E-state index contributed by atoms with van der Waals surface area (Å²) in [4.78, 5) is 15.1. The molecule has 0 amide bonds. The Labute approximate surface area is 166 Å². The van der Waals surface area contributed by atoms with Crippen LogP contribution in [-0.2, 0) is 16.6 Å². The molecule has 3 atom stereocenters. The van der Waals surface area contributed by atoms with Gasteiger partial charge in [0.15, 0.2) is 0 Å². The molecule has 0 aliphatic carbocycles. The normalized spacial score (nSPS) is 24.7. The molecule has 0 saturated carbocycles. The molecule has 0 radical (unpaired) electrons. The number of hydrogen-bond acceptors (Lipinski definition) is 4. The third kappa shape index (κ3) is 3.92. The molecule has 0 spiro atoms. The molecular formula is C21H27N3O3S. The zero-order valence-electron chi connectivity index (χ0n) is 16.3. The Morgan fingerprint density at radius 2 is 1.89 bits per heavy atom. The van der Waals surface area contributed by atoms with Gasteiger partial charge >= 0.3 is 0 Å². The minimum atomic E-state index is -3.31. The van der Waals surface area contributed by atoms with Gasteiger partial charge < -0.3 is 4.57 Å². The number of piperidine rings is 1. The molecule has 150 valence electrons. The predicted molar refractivity (Wildman–Crippen MR) is 110 cm³/mol. The van der Waals surface area contributed by atoms with Crippen LogP contribution in [0.2, 0.25) is 0 Å². The molecule has 4 rings (SSSR count). The van der Waals surface area contributed by atoms with E-state index in [-0.39, 0.29) is 24.1 Å². The maximum atomic E-state index is 12.6. The van der Waals surface area contributed by atoms with Crippen LogP contribution in [-0.4, -0.2) is 43.8 Å². The van der Waals surface area contributed by atoms with Gasteiger partial charge in [0.2, 0.25) is 10.0 Å². The van der Waals surface area contributed by atoms with Gasteiger partial charge in [-0.3, -0.25) is 9.69 Å². The molecule has 6 nitrogen and oxygen atoms in total. The lowest BCUT2D eigenvalue weighted by Gasteiger charge is -2.47. The topological polar surface area (TPSA) is 71.4 Å². The number of aryl methyl sites for hydroxylation is 1. The van der Waals surface area contributed by atoms with Gasteiger partial charge in [-0.05, 0) is 36.5 Å². The number of benzene rings is 1. The molecule has 1 N–H and O–H groups in total. The summed E-state index contributed by atoms with van der Waals surface area (Å²) in [5, 5.41) is 0. The number of nitrogens with zero attached hydrogens (tertiary/aromatic N) is 2. The molecule has 1 aromatic heterocycles. The molecule has 1 saturated heterocycles. The maximum absolute atomic E-state index is 12.6. The summed E-state index contributed by atoms with van der Waals surface area (Å²) in [5.74, 6) is 0.538. The molecule has 1 fully saturated rings. The summed E-state index contributed by atoms with van der Waals surface area (Å²) < 4.78 is 27.8. The first-order valence-corrected chi connectivity index (χ1v) is 11.6.